The van der Waals surface area contributed by atoms with Gasteiger partial charge < -0.3 is 5.32 Å². The number of hydrogen-bond acceptors (Lipinski definition) is 3. The van der Waals surface area contributed by atoms with Gasteiger partial charge in [-0.3, -0.25) is 14.2 Å². The number of nitrogens with one attached hydrogen (secondary N) is 1. The van der Waals surface area contributed by atoms with Gasteiger partial charge in [-0.05, 0) is 19.1 Å². The number of para-hydroxylation sites is 1. The Morgan fingerprint density at radius 1 is 1.33 bits per heavy atom. The average molecular weight is 243 g/mol. The number of aromatic nitrogens is 2. The zero-order valence-corrected chi connectivity index (χ0v) is 10.0. The summed E-state index contributed by atoms with van der Waals surface area (Å²) in [5, 5.41) is 3.43. The van der Waals surface area contributed by atoms with Gasteiger partial charge in [-0.2, -0.15) is 0 Å². The Kier molecular flexibility index (Phi) is 2.40. The number of carbonyl (C=O) groups is 1. The van der Waals surface area contributed by atoms with Crippen molar-refractivity contribution in [3.63, 3.8) is 0 Å². The van der Waals surface area contributed by atoms with Crippen molar-refractivity contribution in [2.75, 3.05) is 0 Å². The van der Waals surface area contributed by atoms with Crippen LogP contribution >= 0.6 is 0 Å². The summed E-state index contributed by atoms with van der Waals surface area (Å²) in [5.74, 6) is 0.584. The number of carbonyl (C=O) groups excluding carboxylic acids is 1. The maximum absolute atomic E-state index is 12.4. The summed E-state index contributed by atoms with van der Waals surface area (Å²) in [7, 11) is 0. The van der Waals surface area contributed by atoms with Crippen molar-refractivity contribution >= 4 is 16.8 Å². The third-order valence-electron chi connectivity index (χ3n) is 3.22. The average Bonchev–Trinajstić information content (AvgIpc) is 2.50. The monoisotopic (exact) mass is 243 g/mol. The molecular weight excluding hydrogens is 230 g/mol. The predicted octanol–water partition coefficient (Wildman–Crippen LogP) is 0.977. The van der Waals surface area contributed by atoms with Crippen molar-refractivity contribution in [2.24, 2.45) is 0 Å². The molecule has 0 bridgehead atoms. The van der Waals surface area contributed by atoms with E-state index in [1.54, 1.807) is 10.6 Å². The van der Waals surface area contributed by atoms with Crippen LogP contribution in [0.4, 0.5) is 0 Å². The Labute approximate surface area is 103 Å². The smallest absolute Gasteiger partial charge is 0.261 e. The largest absolute Gasteiger partial charge is 0.346 e. The zero-order valence-electron chi connectivity index (χ0n) is 10.0. The van der Waals surface area contributed by atoms with E-state index in [1.165, 1.54) is 0 Å². The standard InChI is InChI=1S/C13H13N3O2/c1-8-12-15-10-5-3-2-4-9(10)13(18)16(12)7-6-11(17)14-8/h2-5,8H,6-7H2,1H3,(H,14,17)/t8-/m0/s1. The van der Waals surface area contributed by atoms with Gasteiger partial charge in [-0.1, -0.05) is 12.1 Å². The summed E-state index contributed by atoms with van der Waals surface area (Å²) in [4.78, 5) is 28.4. The van der Waals surface area contributed by atoms with Gasteiger partial charge in [-0.15, -0.1) is 0 Å². The number of benzene rings is 1. The molecule has 5 heteroatoms. The van der Waals surface area contributed by atoms with Crippen LogP contribution in [0.2, 0.25) is 0 Å². The number of hydrogen-bond donors (Lipinski definition) is 1. The topological polar surface area (TPSA) is 64.0 Å². The van der Waals surface area contributed by atoms with Crippen molar-refractivity contribution in [3.05, 3.63) is 40.4 Å². The van der Waals surface area contributed by atoms with Gasteiger partial charge in [-0.25, -0.2) is 4.98 Å². The summed E-state index contributed by atoms with van der Waals surface area (Å²) in [6, 6.07) is 7.02. The first-order valence-electron chi connectivity index (χ1n) is 5.95. The van der Waals surface area contributed by atoms with E-state index in [-0.39, 0.29) is 17.5 Å². The summed E-state index contributed by atoms with van der Waals surface area (Å²) in [6.45, 7) is 2.23. The maximum Gasteiger partial charge on any atom is 0.261 e. The Bertz CT molecular complexity index is 690. The van der Waals surface area contributed by atoms with E-state index in [0.717, 1.165) is 0 Å². The third kappa shape index (κ3) is 1.59. The van der Waals surface area contributed by atoms with Gasteiger partial charge in [0.1, 0.15) is 5.82 Å². The molecule has 1 aromatic heterocycles. The van der Waals surface area contributed by atoms with E-state index < -0.39 is 0 Å². The van der Waals surface area contributed by atoms with E-state index >= 15 is 0 Å². The fourth-order valence-corrected chi connectivity index (χ4v) is 2.32. The second-order valence-corrected chi connectivity index (χ2v) is 4.48. The van der Waals surface area contributed by atoms with Crippen LogP contribution in [-0.2, 0) is 11.3 Å². The quantitative estimate of drug-likeness (QED) is 0.750. The third-order valence-corrected chi connectivity index (χ3v) is 3.22. The van der Waals surface area contributed by atoms with Crippen LogP contribution in [0.5, 0.6) is 0 Å². The van der Waals surface area contributed by atoms with Gasteiger partial charge in [0.15, 0.2) is 0 Å². The molecule has 3 rings (SSSR count). The van der Waals surface area contributed by atoms with Crippen LogP contribution in [0.3, 0.4) is 0 Å². The van der Waals surface area contributed by atoms with Gasteiger partial charge in [0.2, 0.25) is 5.91 Å². The first kappa shape index (κ1) is 11.0. The van der Waals surface area contributed by atoms with E-state index in [9.17, 15) is 9.59 Å². The molecule has 2 aromatic rings. The predicted molar refractivity (Wildman–Crippen MR) is 67.2 cm³/mol. The van der Waals surface area contributed by atoms with E-state index in [0.29, 0.717) is 29.7 Å². The first-order valence-corrected chi connectivity index (χ1v) is 5.95. The lowest BCUT2D eigenvalue weighted by Crippen LogP contribution is -2.28. The molecule has 0 aliphatic carbocycles. The molecular formula is C13H13N3O2. The molecule has 2 heterocycles. The molecule has 1 aliphatic heterocycles. The lowest BCUT2D eigenvalue weighted by molar-refractivity contribution is -0.121. The zero-order chi connectivity index (χ0) is 12.7. The van der Waals surface area contributed by atoms with Gasteiger partial charge in [0.25, 0.3) is 5.56 Å². The van der Waals surface area contributed by atoms with Crippen LogP contribution in [-0.4, -0.2) is 15.5 Å². The van der Waals surface area contributed by atoms with Crippen LogP contribution in [0.15, 0.2) is 29.1 Å². The fraction of sp³-hybridized carbons (Fsp3) is 0.308. The molecule has 0 saturated heterocycles. The van der Waals surface area contributed by atoms with Crippen LogP contribution in [0, 0.1) is 0 Å². The van der Waals surface area contributed by atoms with Gasteiger partial charge in [0, 0.05) is 13.0 Å². The molecule has 0 radical (unpaired) electrons. The minimum Gasteiger partial charge on any atom is -0.346 e. The van der Waals surface area contributed by atoms with Crippen molar-refractivity contribution in [1.29, 1.82) is 0 Å². The second kappa shape index (κ2) is 3.94. The Balaban J connectivity index is 2.33. The molecule has 1 N–H and O–H groups in total. The maximum atomic E-state index is 12.4. The van der Waals surface area contributed by atoms with E-state index in [2.05, 4.69) is 10.3 Å². The highest BCUT2D eigenvalue weighted by Gasteiger charge is 2.21. The molecule has 1 atom stereocenters. The minimum atomic E-state index is -0.239. The summed E-state index contributed by atoms with van der Waals surface area (Å²) >= 11 is 0. The molecule has 0 unspecified atom stereocenters. The molecule has 0 spiro atoms. The SMILES string of the molecule is C[C@@H]1NC(=O)CCn2c1nc1ccccc1c2=O. The summed E-state index contributed by atoms with van der Waals surface area (Å²) < 4.78 is 1.60. The van der Waals surface area contributed by atoms with E-state index in [4.69, 9.17) is 0 Å². The summed E-state index contributed by atoms with van der Waals surface area (Å²) in [5.41, 5.74) is 0.607. The van der Waals surface area contributed by atoms with Crippen molar-refractivity contribution in [3.8, 4) is 0 Å². The van der Waals surface area contributed by atoms with Crippen LogP contribution in [0.25, 0.3) is 10.9 Å². The molecule has 5 nitrogen and oxygen atoms in total. The fourth-order valence-electron chi connectivity index (χ4n) is 2.32. The second-order valence-electron chi connectivity index (χ2n) is 4.48. The lowest BCUT2D eigenvalue weighted by Gasteiger charge is -2.14. The Hall–Kier alpha value is -2.17. The normalized spacial score (nSPS) is 19.2. The van der Waals surface area contributed by atoms with Crippen molar-refractivity contribution in [2.45, 2.75) is 25.9 Å². The molecule has 1 aliphatic rings. The van der Waals surface area contributed by atoms with E-state index in [1.807, 2.05) is 25.1 Å². The highest BCUT2D eigenvalue weighted by Crippen LogP contribution is 2.16. The lowest BCUT2D eigenvalue weighted by atomic mass is 10.2. The molecule has 18 heavy (non-hydrogen) atoms. The molecule has 1 amide bonds. The molecule has 92 valence electrons. The van der Waals surface area contributed by atoms with Crippen LogP contribution < -0.4 is 10.9 Å². The van der Waals surface area contributed by atoms with Crippen molar-refractivity contribution < 1.29 is 4.79 Å². The molecule has 0 saturated carbocycles. The van der Waals surface area contributed by atoms with Crippen molar-refractivity contribution in [1.82, 2.24) is 14.9 Å². The summed E-state index contributed by atoms with van der Waals surface area (Å²) in [6.07, 6.45) is 0.317. The van der Waals surface area contributed by atoms with Gasteiger partial charge >= 0.3 is 0 Å². The number of amides is 1. The first-order chi connectivity index (χ1) is 8.66. The Morgan fingerprint density at radius 2 is 2.11 bits per heavy atom. The highest BCUT2D eigenvalue weighted by molar-refractivity contribution is 5.79. The molecule has 0 fully saturated rings. The Morgan fingerprint density at radius 3 is 2.94 bits per heavy atom. The number of nitrogens with zero attached hydrogens (tertiary/aromatic N) is 2. The number of fused-ring (bicyclic) bond motifs is 2. The highest BCUT2D eigenvalue weighted by atomic mass is 16.2. The minimum absolute atomic E-state index is 0.0449. The van der Waals surface area contributed by atoms with Gasteiger partial charge in [0.05, 0.1) is 16.9 Å². The number of rotatable bonds is 0. The molecule has 1 aromatic carbocycles. The van der Waals surface area contributed by atoms with Crippen LogP contribution in [0.1, 0.15) is 25.2 Å².